The van der Waals surface area contributed by atoms with Gasteiger partial charge in [0.2, 0.25) is 0 Å². The number of hydrogen-bond donors (Lipinski definition) is 5. The molecule has 0 amide bonds. The Labute approximate surface area is 492 Å². The van der Waals surface area contributed by atoms with Gasteiger partial charge in [-0.1, -0.05) is 94.6 Å². The lowest BCUT2D eigenvalue weighted by Gasteiger charge is -2.48. The van der Waals surface area contributed by atoms with Crippen LogP contribution >= 0.6 is 7.26 Å². The summed E-state index contributed by atoms with van der Waals surface area (Å²) in [7, 11) is 3.43. The molecule has 3 fully saturated rings. The molecule has 6 rings (SSSR count). The third-order valence-corrected chi connectivity index (χ3v) is 22.3. The molecule has 3 aliphatic rings. The maximum Gasteiger partial charge on any atom is 0.311 e. The highest BCUT2D eigenvalue weighted by Gasteiger charge is 2.53. The molecule has 0 spiro atoms. The van der Waals surface area contributed by atoms with Crippen molar-refractivity contribution in [2.75, 3.05) is 40.5 Å². The van der Waals surface area contributed by atoms with Gasteiger partial charge in [0.05, 0.1) is 47.7 Å². The van der Waals surface area contributed by atoms with E-state index in [0.717, 1.165) is 44.7 Å². The number of likely N-dealkylation sites (N-methyl/N-ethyl adjacent to an activating group) is 1. The average Bonchev–Trinajstić information content (AvgIpc) is 3.65. The van der Waals surface area contributed by atoms with Crippen LogP contribution in [-0.4, -0.2) is 172 Å². The summed E-state index contributed by atoms with van der Waals surface area (Å²) in [5, 5.41) is 64.9. The van der Waals surface area contributed by atoms with Gasteiger partial charge in [-0.05, 0) is 150 Å². The van der Waals surface area contributed by atoms with Gasteiger partial charge in [0, 0.05) is 38.1 Å². The Bertz CT molecular complexity index is 2160. The number of benzene rings is 3. The van der Waals surface area contributed by atoms with E-state index < -0.39 is 103 Å². The highest BCUT2D eigenvalue weighted by molar-refractivity contribution is 7.95. The van der Waals surface area contributed by atoms with Gasteiger partial charge in [-0.15, -0.1) is 0 Å². The maximum absolute atomic E-state index is 14.7. The number of methoxy groups -OCH3 is 1. The molecule has 3 aromatic rings. The van der Waals surface area contributed by atoms with Crippen molar-refractivity contribution < 1.29 is 82.7 Å². The Morgan fingerprint density at radius 1 is 0.734 bits per heavy atom. The zero-order chi connectivity index (χ0) is 57.2. The predicted molar refractivity (Wildman–Crippen MR) is 311 cm³/mol. The fourth-order valence-corrected chi connectivity index (χ4v) is 17.6. The van der Waals surface area contributed by atoms with Crippen LogP contribution in [-0.2, 0) is 33.2 Å². The smallest absolute Gasteiger partial charge is 0.311 e. The number of hydrogen-bond acceptors (Lipinski definition) is 14. The van der Waals surface area contributed by atoms with Crippen molar-refractivity contribution >= 4 is 29.1 Å². The molecular weight excluding hydrogens is 1130 g/mol. The van der Waals surface area contributed by atoms with E-state index in [4.69, 9.17) is 28.4 Å². The number of carbonyl (C=O) groups excluding carboxylic acids is 1. The Morgan fingerprint density at radius 3 is 1.78 bits per heavy atom. The van der Waals surface area contributed by atoms with Crippen LogP contribution in [0, 0.1) is 17.8 Å². The molecule has 446 valence electrons. The minimum Gasteiger partial charge on any atom is -1.00 e. The van der Waals surface area contributed by atoms with Crippen molar-refractivity contribution in [3.05, 3.63) is 91.0 Å². The van der Waals surface area contributed by atoms with Crippen LogP contribution in [0.1, 0.15) is 133 Å². The molecule has 16 heteroatoms. The number of nitrogens with zero attached hydrogens (tertiary/aromatic N) is 2. The van der Waals surface area contributed by atoms with E-state index in [1.54, 1.807) is 34.6 Å². The van der Waals surface area contributed by atoms with Gasteiger partial charge in [-0.2, -0.15) is 0 Å². The number of unbranched alkanes of at least 4 members (excludes halogenated alkanes) is 5. The zero-order valence-corrected chi connectivity index (χ0v) is 52.9. The summed E-state index contributed by atoms with van der Waals surface area (Å²) in [4.78, 5) is 18.9. The van der Waals surface area contributed by atoms with Gasteiger partial charge < -0.3 is 82.8 Å². The Kier molecular flexibility index (Phi) is 25.7. The van der Waals surface area contributed by atoms with E-state index in [0.29, 0.717) is 19.5 Å². The first-order chi connectivity index (χ1) is 36.9. The van der Waals surface area contributed by atoms with Crippen molar-refractivity contribution in [1.29, 1.82) is 0 Å². The summed E-state index contributed by atoms with van der Waals surface area (Å²) in [5.41, 5.74) is -4.50. The lowest BCUT2D eigenvalue weighted by atomic mass is 9.77. The molecule has 18 atom stereocenters. The molecule has 5 N–H and O–H groups in total. The number of cyclic esters (lactones) is 1. The van der Waals surface area contributed by atoms with Crippen LogP contribution in [0.4, 0.5) is 0 Å². The van der Waals surface area contributed by atoms with E-state index in [1.165, 1.54) is 23.0 Å². The van der Waals surface area contributed by atoms with Gasteiger partial charge in [0.15, 0.2) is 12.6 Å². The summed E-state index contributed by atoms with van der Waals surface area (Å²) in [6.07, 6.45) is -1.27. The van der Waals surface area contributed by atoms with Crippen molar-refractivity contribution in [2.45, 2.75) is 224 Å². The molecular formula is C63H100IN2O12P. The monoisotopic (exact) mass is 1230 g/mol. The van der Waals surface area contributed by atoms with Crippen molar-refractivity contribution in [3.8, 4) is 0 Å². The van der Waals surface area contributed by atoms with Crippen molar-refractivity contribution in [1.82, 2.24) is 9.80 Å². The van der Waals surface area contributed by atoms with Crippen molar-refractivity contribution in [3.63, 3.8) is 0 Å². The highest BCUT2D eigenvalue weighted by atomic mass is 127. The molecule has 79 heavy (non-hydrogen) atoms. The van der Waals surface area contributed by atoms with Gasteiger partial charge in [-0.25, -0.2) is 0 Å². The largest absolute Gasteiger partial charge is 1.00 e. The summed E-state index contributed by atoms with van der Waals surface area (Å²) < 4.78 is 38.5. The van der Waals surface area contributed by atoms with Gasteiger partial charge >= 0.3 is 5.97 Å². The van der Waals surface area contributed by atoms with Gasteiger partial charge in [0.1, 0.15) is 53.2 Å². The first-order valence-corrected chi connectivity index (χ1v) is 31.2. The van der Waals surface area contributed by atoms with Crippen LogP contribution in [0.5, 0.6) is 0 Å². The van der Waals surface area contributed by atoms with E-state index in [-0.39, 0.29) is 61.3 Å². The fraction of sp³-hybridized carbons (Fsp3) is 0.698. The topological polar surface area (TPSA) is 180 Å². The number of halogens is 1. The second-order valence-electron chi connectivity index (χ2n) is 24.4. The lowest BCUT2D eigenvalue weighted by molar-refractivity contribution is -0.318. The molecule has 0 saturated carbocycles. The summed E-state index contributed by atoms with van der Waals surface area (Å²) >= 11 is 0. The minimum atomic E-state index is -1.91. The first kappa shape index (κ1) is 67.6. The van der Waals surface area contributed by atoms with E-state index in [2.05, 4.69) is 103 Å². The third kappa shape index (κ3) is 16.4. The fourth-order valence-electron chi connectivity index (χ4n) is 13.2. The molecule has 3 aromatic carbocycles. The summed E-state index contributed by atoms with van der Waals surface area (Å²) in [6, 6.07) is 32.3. The lowest BCUT2D eigenvalue weighted by Crippen LogP contribution is -3.00. The molecule has 14 nitrogen and oxygen atoms in total. The van der Waals surface area contributed by atoms with E-state index in [9.17, 15) is 30.3 Å². The molecule has 0 aromatic heterocycles. The molecule has 3 aliphatic heterocycles. The normalized spacial score (nSPS) is 36.6. The third-order valence-electron chi connectivity index (χ3n) is 17.8. The number of esters is 1. The molecule has 3 heterocycles. The van der Waals surface area contributed by atoms with E-state index >= 15 is 0 Å². The Morgan fingerprint density at radius 2 is 1.27 bits per heavy atom. The quantitative estimate of drug-likeness (QED) is 0.0487. The number of aliphatic hydroxyl groups is 5. The standard InChI is InChI=1S/C63H100N2O12P.HI/c1-14-52-63(10,71)56(67)46(6)65(36-28-17-15-16-18-29-37-78(48-30-22-19-23-31-48,49-32-24-20-25-33-49)50-34-26-21-27-35-50)41-42(2)39-61(8,70)58(77-60-54(66)51(64(11)12)38-43(3)73-60)44(4)55(45(5)59(69)75-52)76-53-40-62(9,72-13)57(68)47(7)74-53;/h19-27,30-35,42-47,51-58,60,66-68,70-71H,14-18,28-29,36-41H2,1-13H3;1H/q+1;/p-1/t42-,43-,44+,45-,46-,47+,51+,52-,53+,54-,55+,56-,57+,58-,60+,61-,62-,63-;/m1./s1. The molecule has 0 unspecified atom stereocenters. The van der Waals surface area contributed by atoms with Crippen LogP contribution in [0.25, 0.3) is 0 Å². The Balaban J connectivity index is 0.0000115. The summed E-state index contributed by atoms with van der Waals surface area (Å²) in [6.45, 7) is 19.2. The number of aliphatic hydroxyl groups excluding tert-OH is 3. The van der Waals surface area contributed by atoms with Crippen LogP contribution in [0.15, 0.2) is 91.0 Å². The first-order valence-electron chi connectivity index (χ1n) is 29.2. The summed E-state index contributed by atoms with van der Waals surface area (Å²) in [5.74, 6) is -2.68. The minimum absolute atomic E-state index is 0. The molecule has 0 radical (unpaired) electrons. The Hall–Kier alpha value is -2.19. The zero-order valence-electron chi connectivity index (χ0n) is 49.8. The highest BCUT2D eigenvalue weighted by Crippen LogP contribution is 2.56. The molecule has 0 aliphatic carbocycles. The van der Waals surface area contributed by atoms with Crippen LogP contribution in [0.3, 0.4) is 0 Å². The van der Waals surface area contributed by atoms with Gasteiger partial charge in [-0.3, -0.25) is 9.69 Å². The average molecular weight is 1240 g/mol. The van der Waals surface area contributed by atoms with Gasteiger partial charge in [0.25, 0.3) is 0 Å². The van der Waals surface area contributed by atoms with Crippen molar-refractivity contribution in [2.24, 2.45) is 17.8 Å². The number of ether oxygens (including phenoxy) is 6. The number of carbonyl (C=O) groups is 1. The van der Waals surface area contributed by atoms with Crippen LogP contribution in [0.2, 0.25) is 0 Å². The predicted octanol–water partition coefficient (Wildman–Crippen LogP) is 4.61. The molecule has 3 saturated heterocycles. The SMILES string of the molecule is CC[C@H]1OC(=O)[C@H](C)[C@@H](O[C@H]2C[C@@](C)(OC)[C@@H](O)[C@H](C)O2)[C@H](C)[C@@H](O[C@@H]2O[C@H](C)C[C@H](N(C)C)[C@H]2O)[C@](C)(O)C[C@@H](C)CN(CCCCCCCC[P+](c2ccccc2)(c2ccccc2)c2ccccc2)[C@H](C)[C@@H](O)[C@]1(C)O.[I-]. The number of rotatable bonds is 19. The second kappa shape index (κ2) is 30.1. The maximum atomic E-state index is 14.7. The second-order valence-corrected chi connectivity index (χ2v) is 28.0. The van der Waals surface area contributed by atoms with Crippen LogP contribution < -0.4 is 39.9 Å². The molecule has 0 bridgehead atoms. The van der Waals surface area contributed by atoms with E-state index in [1.807, 2.05) is 46.7 Å².